The van der Waals surface area contributed by atoms with Crippen molar-refractivity contribution >= 4 is 26.0 Å². The Kier molecular flexibility index (Phi) is 4.05. The SMILES string of the molecule is C[C@H]1CN(S(=O)(=O)c2ccc(Br)cc2F)CCN1. The van der Waals surface area contributed by atoms with Gasteiger partial charge in [-0.15, -0.1) is 0 Å². The van der Waals surface area contributed by atoms with Gasteiger partial charge >= 0.3 is 0 Å². The van der Waals surface area contributed by atoms with E-state index in [4.69, 9.17) is 0 Å². The van der Waals surface area contributed by atoms with Gasteiger partial charge in [0.2, 0.25) is 10.0 Å². The zero-order valence-electron chi connectivity index (χ0n) is 9.86. The second-order valence-electron chi connectivity index (χ2n) is 4.29. The first-order chi connectivity index (χ1) is 8.41. The van der Waals surface area contributed by atoms with E-state index >= 15 is 0 Å². The fourth-order valence-corrected chi connectivity index (χ4v) is 3.85. The van der Waals surface area contributed by atoms with Crippen LogP contribution in [0, 0.1) is 5.82 Å². The molecule has 1 saturated heterocycles. The highest BCUT2D eigenvalue weighted by atomic mass is 79.9. The molecule has 2 rings (SSSR count). The van der Waals surface area contributed by atoms with Crippen LogP contribution in [0.25, 0.3) is 0 Å². The lowest BCUT2D eigenvalue weighted by Gasteiger charge is -2.31. The summed E-state index contributed by atoms with van der Waals surface area (Å²) in [6.07, 6.45) is 0. The molecule has 7 heteroatoms. The summed E-state index contributed by atoms with van der Waals surface area (Å²) in [5.41, 5.74) is 0. The minimum atomic E-state index is -3.74. The van der Waals surface area contributed by atoms with Crippen LogP contribution in [0.2, 0.25) is 0 Å². The number of sulfonamides is 1. The molecule has 0 aliphatic carbocycles. The number of halogens is 2. The zero-order chi connectivity index (χ0) is 13.3. The Morgan fingerprint density at radius 2 is 2.22 bits per heavy atom. The van der Waals surface area contributed by atoms with Crippen molar-refractivity contribution in [2.45, 2.75) is 17.9 Å². The van der Waals surface area contributed by atoms with Gasteiger partial charge in [-0.25, -0.2) is 12.8 Å². The Bertz CT molecular complexity index is 550. The van der Waals surface area contributed by atoms with Gasteiger partial charge in [0.05, 0.1) is 0 Å². The van der Waals surface area contributed by atoms with E-state index in [2.05, 4.69) is 21.2 Å². The van der Waals surface area contributed by atoms with Gasteiger partial charge in [0.1, 0.15) is 10.7 Å². The highest BCUT2D eigenvalue weighted by Crippen LogP contribution is 2.23. The summed E-state index contributed by atoms with van der Waals surface area (Å²) in [5, 5.41) is 3.15. The van der Waals surface area contributed by atoms with Gasteiger partial charge in [-0.05, 0) is 25.1 Å². The Morgan fingerprint density at radius 3 is 2.83 bits per heavy atom. The van der Waals surface area contributed by atoms with Crippen molar-refractivity contribution in [1.82, 2.24) is 9.62 Å². The van der Waals surface area contributed by atoms with Gasteiger partial charge in [0.15, 0.2) is 0 Å². The van der Waals surface area contributed by atoms with E-state index in [1.165, 1.54) is 22.5 Å². The average Bonchev–Trinajstić information content (AvgIpc) is 2.28. The van der Waals surface area contributed by atoms with Crippen LogP contribution < -0.4 is 5.32 Å². The summed E-state index contributed by atoms with van der Waals surface area (Å²) in [5.74, 6) is -0.726. The molecule has 0 amide bonds. The first-order valence-corrected chi connectivity index (χ1v) is 7.83. The Hall–Kier alpha value is -0.500. The lowest BCUT2D eigenvalue weighted by atomic mass is 10.3. The number of hydrogen-bond donors (Lipinski definition) is 1. The van der Waals surface area contributed by atoms with Gasteiger partial charge in [0, 0.05) is 30.1 Å². The maximum atomic E-state index is 13.7. The maximum absolute atomic E-state index is 13.7. The molecule has 0 saturated carbocycles. The summed E-state index contributed by atoms with van der Waals surface area (Å²) < 4.78 is 40.2. The number of benzene rings is 1. The fourth-order valence-electron chi connectivity index (χ4n) is 1.94. The normalized spacial score (nSPS) is 22.1. The molecule has 0 spiro atoms. The molecular formula is C11H14BrFN2O2S. The molecule has 0 aromatic heterocycles. The largest absolute Gasteiger partial charge is 0.312 e. The van der Waals surface area contributed by atoms with E-state index < -0.39 is 15.8 Å². The molecule has 1 atom stereocenters. The lowest BCUT2D eigenvalue weighted by molar-refractivity contribution is 0.309. The quantitative estimate of drug-likeness (QED) is 0.891. The minimum Gasteiger partial charge on any atom is -0.312 e. The molecule has 0 radical (unpaired) electrons. The van der Waals surface area contributed by atoms with Crippen molar-refractivity contribution in [2.75, 3.05) is 19.6 Å². The third-order valence-corrected chi connectivity index (χ3v) is 5.23. The molecule has 100 valence electrons. The number of piperazine rings is 1. The number of hydrogen-bond acceptors (Lipinski definition) is 3. The molecular weight excluding hydrogens is 323 g/mol. The number of nitrogens with zero attached hydrogens (tertiary/aromatic N) is 1. The van der Waals surface area contributed by atoms with Crippen molar-refractivity contribution in [3.63, 3.8) is 0 Å². The van der Waals surface area contributed by atoms with Crippen molar-refractivity contribution in [3.8, 4) is 0 Å². The summed E-state index contributed by atoms with van der Waals surface area (Å²) in [7, 11) is -3.74. The Morgan fingerprint density at radius 1 is 1.50 bits per heavy atom. The van der Waals surface area contributed by atoms with Crippen LogP contribution in [0.3, 0.4) is 0 Å². The predicted octanol–water partition coefficient (Wildman–Crippen LogP) is 1.57. The van der Waals surface area contributed by atoms with Gasteiger partial charge in [0.25, 0.3) is 0 Å². The predicted molar refractivity (Wildman–Crippen MR) is 70.3 cm³/mol. The fraction of sp³-hybridized carbons (Fsp3) is 0.455. The smallest absolute Gasteiger partial charge is 0.246 e. The van der Waals surface area contributed by atoms with E-state index in [1.807, 2.05) is 6.92 Å². The highest BCUT2D eigenvalue weighted by molar-refractivity contribution is 9.10. The third kappa shape index (κ3) is 2.74. The first-order valence-electron chi connectivity index (χ1n) is 5.60. The van der Waals surface area contributed by atoms with Crippen LogP contribution in [0.5, 0.6) is 0 Å². The topological polar surface area (TPSA) is 49.4 Å². The molecule has 0 unspecified atom stereocenters. The second kappa shape index (κ2) is 5.24. The molecule has 1 aromatic rings. The molecule has 1 fully saturated rings. The number of nitrogens with one attached hydrogen (secondary N) is 1. The van der Waals surface area contributed by atoms with Crippen LogP contribution in [-0.4, -0.2) is 38.4 Å². The average molecular weight is 337 g/mol. The number of rotatable bonds is 2. The third-order valence-electron chi connectivity index (χ3n) is 2.84. The standard InChI is InChI=1S/C11H14BrFN2O2S/c1-8-7-15(5-4-14-8)18(16,17)11-3-2-9(12)6-10(11)13/h2-3,6,8,14H,4-5,7H2,1H3/t8-/m0/s1. The van der Waals surface area contributed by atoms with E-state index in [0.29, 0.717) is 24.1 Å². The van der Waals surface area contributed by atoms with Gasteiger partial charge in [-0.3, -0.25) is 0 Å². The van der Waals surface area contributed by atoms with Crippen LogP contribution in [0.1, 0.15) is 6.92 Å². The summed E-state index contributed by atoms with van der Waals surface area (Å²) in [6.45, 7) is 3.21. The first kappa shape index (κ1) is 13.9. The molecule has 1 heterocycles. The maximum Gasteiger partial charge on any atom is 0.246 e. The molecule has 1 aliphatic rings. The van der Waals surface area contributed by atoms with E-state index in [0.717, 1.165) is 0 Å². The van der Waals surface area contributed by atoms with E-state index in [1.54, 1.807) is 0 Å². The minimum absolute atomic E-state index is 0.0760. The Labute approximate surface area is 114 Å². The molecule has 1 N–H and O–H groups in total. The van der Waals surface area contributed by atoms with Crippen molar-refractivity contribution in [1.29, 1.82) is 0 Å². The van der Waals surface area contributed by atoms with Crippen LogP contribution in [0.4, 0.5) is 4.39 Å². The van der Waals surface area contributed by atoms with Gasteiger partial charge in [-0.1, -0.05) is 15.9 Å². The monoisotopic (exact) mass is 336 g/mol. The van der Waals surface area contributed by atoms with Crippen LogP contribution in [0.15, 0.2) is 27.6 Å². The summed E-state index contributed by atoms with van der Waals surface area (Å²) in [6, 6.07) is 4.06. The molecule has 0 bridgehead atoms. The van der Waals surface area contributed by atoms with Gasteiger partial charge in [-0.2, -0.15) is 4.31 Å². The molecule has 18 heavy (non-hydrogen) atoms. The molecule has 4 nitrogen and oxygen atoms in total. The van der Waals surface area contributed by atoms with Gasteiger partial charge < -0.3 is 5.32 Å². The summed E-state index contributed by atoms with van der Waals surface area (Å²) >= 11 is 3.11. The van der Waals surface area contributed by atoms with Crippen molar-refractivity contribution in [3.05, 3.63) is 28.5 Å². The molecule has 1 aliphatic heterocycles. The summed E-state index contributed by atoms with van der Waals surface area (Å²) in [4.78, 5) is -0.264. The lowest BCUT2D eigenvalue weighted by Crippen LogP contribution is -2.51. The van der Waals surface area contributed by atoms with E-state index in [-0.39, 0.29) is 10.9 Å². The Balaban J connectivity index is 2.35. The highest BCUT2D eigenvalue weighted by Gasteiger charge is 2.30. The molecule has 1 aromatic carbocycles. The van der Waals surface area contributed by atoms with E-state index in [9.17, 15) is 12.8 Å². The van der Waals surface area contributed by atoms with Crippen molar-refractivity contribution in [2.24, 2.45) is 0 Å². The van der Waals surface area contributed by atoms with Crippen LogP contribution >= 0.6 is 15.9 Å². The van der Waals surface area contributed by atoms with Crippen molar-refractivity contribution < 1.29 is 12.8 Å². The van der Waals surface area contributed by atoms with Crippen LogP contribution in [-0.2, 0) is 10.0 Å². The second-order valence-corrected chi connectivity index (χ2v) is 7.12. The zero-order valence-corrected chi connectivity index (χ0v) is 12.3.